The number of aromatic amines is 1. The summed E-state index contributed by atoms with van der Waals surface area (Å²) in [4.78, 5) is 15.2. The minimum atomic E-state index is -0.828. The number of hydrogen-bond donors (Lipinski definition) is 3. The van der Waals surface area contributed by atoms with Gasteiger partial charge in [0, 0.05) is 17.5 Å². The summed E-state index contributed by atoms with van der Waals surface area (Å²) in [6.45, 7) is 1.78. The summed E-state index contributed by atoms with van der Waals surface area (Å²) in [6, 6.07) is 6.40. The predicted molar refractivity (Wildman–Crippen MR) is 86.9 cm³/mol. The van der Waals surface area contributed by atoms with Crippen molar-refractivity contribution in [2.45, 2.75) is 19.4 Å². The summed E-state index contributed by atoms with van der Waals surface area (Å²) in [5, 5.41) is 12.3. The van der Waals surface area contributed by atoms with E-state index in [0.29, 0.717) is 23.2 Å². The van der Waals surface area contributed by atoms with Gasteiger partial charge in [-0.05, 0) is 36.8 Å². The molecule has 1 aromatic heterocycles. The van der Waals surface area contributed by atoms with E-state index in [2.05, 4.69) is 22.1 Å². The number of aliphatic hydroxyl groups excluding tert-OH is 1. The molecule has 4 nitrogen and oxygen atoms in total. The first-order valence-electron chi connectivity index (χ1n) is 7.29. The van der Waals surface area contributed by atoms with Gasteiger partial charge in [-0.2, -0.15) is 0 Å². The number of benzene rings is 1. The molecular weight excluding hydrogens is 295 g/mol. The Hall–Kier alpha value is -2.84. The Bertz CT molecular complexity index is 842. The largest absolute Gasteiger partial charge is 0.380 e. The van der Waals surface area contributed by atoms with Crippen LogP contribution >= 0.6 is 0 Å². The zero-order valence-electron chi connectivity index (χ0n) is 12.5. The van der Waals surface area contributed by atoms with E-state index in [-0.39, 0.29) is 11.5 Å². The number of nitrogens with one attached hydrogen (secondary N) is 2. The lowest BCUT2D eigenvalue weighted by atomic mass is 9.99. The molecule has 1 amide bonds. The van der Waals surface area contributed by atoms with E-state index in [1.54, 1.807) is 19.2 Å². The molecule has 5 heteroatoms. The average molecular weight is 310 g/mol. The molecule has 116 valence electrons. The van der Waals surface area contributed by atoms with Gasteiger partial charge in [-0.3, -0.25) is 4.79 Å². The summed E-state index contributed by atoms with van der Waals surface area (Å²) in [5.74, 6) is 4.45. The molecule has 1 aliphatic heterocycles. The van der Waals surface area contributed by atoms with E-state index in [4.69, 9.17) is 0 Å². The summed E-state index contributed by atoms with van der Waals surface area (Å²) in [6.07, 6.45) is 3.02. The quantitative estimate of drug-likeness (QED) is 0.590. The summed E-state index contributed by atoms with van der Waals surface area (Å²) < 4.78 is 14.2. The van der Waals surface area contributed by atoms with Crippen LogP contribution in [0.4, 0.5) is 10.1 Å². The van der Waals surface area contributed by atoms with Crippen molar-refractivity contribution in [3.8, 4) is 11.8 Å². The third-order valence-corrected chi connectivity index (χ3v) is 3.59. The predicted octanol–water partition coefficient (Wildman–Crippen LogP) is 2.77. The molecule has 1 aromatic carbocycles. The van der Waals surface area contributed by atoms with Crippen LogP contribution in [0, 0.1) is 17.7 Å². The molecule has 1 atom stereocenters. The van der Waals surface area contributed by atoms with Gasteiger partial charge in [-0.25, -0.2) is 4.39 Å². The van der Waals surface area contributed by atoms with Gasteiger partial charge >= 0.3 is 0 Å². The summed E-state index contributed by atoms with van der Waals surface area (Å²) in [7, 11) is 0. The van der Waals surface area contributed by atoms with Crippen LogP contribution in [0.5, 0.6) is 0 Å². The van der Waals surface area contributed by atoms with Crippen LogP contribution in [0.3, 0.4) is 0 Å². The van der Waals surface area contributed by atoms with E-state index in [0.717, 1.165) is 5.69 Å². The number of aromatic nitrogens is 1. The standard InChI is InChI=1S/C18H15FN2O2/c1-2-12(22)5-6-13-15(19)7-8-16-17(13)14(18(23)21-16)10-11-4-3-9-20-11/h3-4,7-10,12,20,22H,2H2,1H3,(H,21,23)/b14-10-. The molecule has 1 aliphatic rings. The number of aliphatic hydroxyl groups is 1. The maximum atomic E-state index is 14.2. The van der Waals surface area contributed by atoms with Crippen LogP contribution in [-0.2, 0) is 4.79 Å². The Morgan fingerprint density at radius 3 is 2.91 bits per heavy atom. The molecule has 2 aromatic rings. The lowest BCUT2D eigenvalue weighted by molar-refractivity contribution is -0.110. The topological polar surface area (TPSA) is 65.1 Å². The molecule has 0 aliphatic carbocycles. The molecule has 23 heavy (non-hydrogen) atoms. The molecule has 1 unspecified atom stereocenters. The Balaban J connectivity index is 2.15. The van der Waals surface area contributed by atoms with Crippen molar-refractivity contribution >= 4 is 23.2 Å². The van der Waals surface area contributed by atoms with Crippen molar-refractivity contribution in [1.82, 2.24) is 4.98 Å². The molecule has 3 rings (SSSR count). The second-order valence-corrected chi connectivity index (χ2v) is 5.18. The van der Waals surface area contributed by atoms with E-state index in [1.807, 2.05) is 12.1 Å². The van der Waals surface area contributed by atoms with Crippen LogP contribution in [0.15, 0.2) is 30.5 Å². The van der Waals surface area contributed by atoms with E-state index >= 15 is 0 Å². The smallest absolute Gasteiger partial charge is 0.256 e. The Labute approximate surface area is 133 Å². The van der Waals surface area contributed by atoms with Crippen LogP contribution in [0.2, 0.25) is 0 Å². The molecule has 0 saturated carbocycles. The molecule has 0 fully saturated rings. The SMILES string of the molecule is CCC(O)C#Cc1c(F)ccc2c1/C(=C/c1ccc[nH]1)C(=O)N2. The molecule has 0 bridgehead atoms. The molecule has 3 N–H and O–H groups in total. The lowest BCUT2D eigenvalue weighted by Crippen LogP contribution is -2.03. The highest BCUT2D eigenvalue weighted by Gasteiger charge is 2.28. The number of carbonyl (C=O) groups is 1. The van der Waals surface area contributed by atoms with Crippen LogP contribution in [0.25, 0.3) is 11.6 Å². The number of H-pyrrole nitrogens is 1. The maximum Gasteiger partial charge on any atom is 0.256 e. The van der Waals surface area contributed by atoms with Gasteiger partial charge in [0.1, 0.15) is 11.9 Å². The van der Waals surface area contributed by atoms with Crippen molar-refractivity contribution < 1.29 is 14.3 Å². The van der Waals surface area contributed by atoms with Gasteiger partial charge in [0.05, 0.1) is 16.8 Å². The number of halogens is 1. The van der Waals surface area contributed by atoms with Crippen molar-refractivity contribution in [2.24, 2.45) is 0 Å². The third-order valence-electron chi connectivity index (χ3n) is 3.59. The van der Waals surface area contributed by atoms with Gasteiger partial charge in [0.2, 0.25) is 0 Å². The molecular formula is C18H15FN2O2. The fourth-order valence-electron chi connectivity index (χ4n) is 2.37. The number of fused-ring (bicyclic) bond motifs is 1. The second kappa shape index (κ2) is 6.11. The zero-order chi connectivity index (χ0) is 16.4. The number of amides is 1. The van der Waals surface area contributed by atoms with Gasteiger partial charge in [0.15, 0.2) is 0 Å². The minimum Gasteiger partial charge on any atom is -0.380 e. The van der Waals surface area contributed by atoms with E-state index in [1.165, 1.54) is 12.1 Å². The van der Waals surface area contributed by atoms with Crippen molar-refractivity contribution in [3.05, 3.63) is 53.1 Å². The summed E-state index contributed by atoms with van der Waals surface area (Å²) >= 11 is 0. The fourth-order valence-corrected chi connectivity index (χ4v) is 2.37. The third kappa shape index (κ3) is 2.89. The van der Waals surface area contributed by atoms with Crippen molar-refractivity contribution in [2.75, 3.05) is 5.32 Å². The Morgan fingerprint density at radius 1 is 1.39 bits per heavy atom. The Kier molecular flexibility index (Phi) is 4.00. The Morgan fingerprint density at radius 2 is 2.22 bits per heavy atom. The highest BCUT2D eigenvalue weighted by molar-refractivity contribution is 6.35. The van der Waals surface area contributed by atoms with Gasteiger partial charge in [-0.15, -0.1) is 0 Å². The zero-order valence-corrected chi connectivity index (χ0v) is 12.5. The van der Waals surface area contributed by atoms with Crippen LogP contribution in [0.1, 0.15) is 30.2 Å². The van der Waals surface area contributed by atoms with Crippen molar-refractivity contribution in [1.29, 1.82) is 0 Å². The minimum absolute atomic E-state index is 0.117. The van der Waals surface area contributed by atoms with Gasteiger partial charge < -0.3 is 15.4 Å². The highest BCUT2D eigenvalue weighted by Crippen LogP contribution is 2.36. The number of rotatable bonds is 2. The highest BCUT2D eigenvalue weighted by atomic mass is 19.1. The maximum absolute atomic E-state index is 14.2. The van der Waals surface area contributed by atoms with Crippen LogP contribution in [-0.4, -0.2) is 22.1 Å². The fraction of sp³-hybridized carbons (Fsp3) is 0.167. The van der Waals surface area contributed by atoms with E-state index < -0.39 is 11.9 Å². The number of carbonyl (C=O) groups excluding carboxylic acids is 1. The van der Waals surface area contributed by atoms with Gasteiger partial charge in [-0.1, -0.05) is 18.8 Å². The second-order valence-electron chi connectivity index (χ2n) is 5.18. The normalized spacial score (nSPS) is 15.8. The number of hydrogen-bond acceptors (Lipinski definition) is 2. The lowest BCUT2D eigenvalue weighted by Gasteiger charge is -2.04. The van der Waals surface area contributed by atoms with Gasteiger partial charge in [0.25, 0.3) is 5.91 Å². The first-order valence-corrected chi connectivity index (χ1v) is 7.29. The molecule has 0 saturated heterocycles. The first-order chi connectivity index (χ1) is 11.1. The monoisotopic (exact) mass is 310 g/mol. The summed E-state index contributed by atoms with van der Waals surface area (Å²) in [5.41, 5.74) is 2.15. The molecule has 0 radical (unpaired) electrons. The molecule has 0 spiro atoms. The van der Waals surface area contributed by atoms with E-state index in [9.17, 15) is 14.3 Å². The first kappa shape index (κ1) is 15.1. The average Bonchev–Trinajstić information content (AvgIpc) is 3.15. The number of anilines is 1. The molecule has 2 heterocycles. The van der Waals surface area contributed by atoms with Crippen molar-refractivity contribution in [3.63, 3.8) is 0 Å². The van der Waals surface area contributed by atoms with Crippen LogP contribution < -0.4 is 5.32 Å².